The molecule has 0 spiro atoms. The fourth-order valence-electron chi connectivity index (χ4n) is 1.13. The molecule has 0 atom stereocenters. The van der Waals surface area contributed by atoms with Crippen LogP contribution in [0, 0.1) is 6.92 Å². The minimum Gasteiger partial charge on any atom is -0.469 e. The maximum absolute atomic E-state index is 10.9. The van der Waals surface area contributed by atoms with Crippen LogP contribution in [0.1, 0.15) is 22.3 Å². The molecule has 1 rings (SSSR count). The van der Waals surface area contributed by atoms with Gasteiger partial charge < -0.3 is 4.74 Å². The number of nitrogens with zero attached hydrogens (tertiary/aromatic N) is 1. The second kappa shape index (κ2) is 6.27. The van der Waals surface area contributed by atoms with Crippen molar-refractivity contribution in [3.63, 3.8) is 0 Å². The molecular weight excluding hydrogens is 226 g/mol. The van der Waals surface area contributed by atoms with E-state index in [-0.39, 0.29) is 5.97 Å². The van der Waals surface area contributed by atoms with Gasteiger partial charge in [-0.2, -0.15) is 0 Å². The molecular formula is C11H13NO3S. The lowest BCUT2D eigenvalue weighted by molar-refractivity contribution is -0.140. The highest BCUT2D eigenvalue weighted by molar-refractivity contribution is 7.99. The van der Waals surface area contributed by atoms with Crippen LogP contribution in [0.3, 0.4) is 0 Å². The van der Waals surface area contributed by atoms with Crippen LogP contribution in [-0.4, -0.2) is 30.1 Å². The molecule has 0 aliphatic carbocycles. The number of aromatic nitrogens is 1. The van der Waals surface area contributed by atoms with Gasteiger partial charge in [-0.25, -0.2) is 4.98 Å². The first-order valence-corrected chi connectivity index (χ1v) is 5.77. The molecule has 86 valence electrons. The number of hydrogen-bond donors (Lipinski definition) is 0. The standard InChI is InChI=1S/C11H13NO3S/c1-8-5-9(7-13)6-12-11(8)16-4-3-10(14)15-2/h5-7H,3-4H2,1-2H3. The predicted molar refractivity (Wildman–Crippen MR) is 61.7 cm³/mol. The average Bonchev–Trinajstić information content (AvgIpc) is 2.30. The summed E-state index contributed by atoms with van der Waals surface area (Å²) >= 11 is 1.48. The van der Waals surface area contributed by atoms with Crippen LogP contribution in [0.2, 0.25) is 0 Å². The summed E-state index contributed by atoms with van der Waals surface area (Å²) in [4.78, 5) is 25.5. The third kappa shape index (κ3) is 3.66. The van der Waals surface area contributed by atoms with Crippen LogP contribution >= 0.6 is 11.8 Å². The van der Waals surface area contributed by atoms with E-state index in [0.717, 1.165) is 16.9 Å². The Morgan fingerprint density at radius 2 is 2.38 bits per heavy atom. The van der Waals surface area contributed by atoms with Crippen LogP contribution in [0.4, 0.5) is 0 Å². The van der Waals surface area contributed by atoms with Crippen molar-refractivity contribution >= 4 is 24.0 Å². The van der Waals surface area contributed by atoms with Crippen molar-refractivity contribution in [3.05, 3.63) is 23.4 Å². The molecule has 4 nitrogen and oxygen atoms in total. The number of ether oxygens (including phenoxy) is 1. The highest BCUT2D eigenvalue weighted by Crippen LogP contribution is 2.20. The number of pyridine rings is 1. The van der Waals surface area contributed by atoms with Gasteiger partial charge in [-0.15, -0.1) is 11.8 Å². The second-order valence-electron chi connectivity index (χ2n) is 3.18. The Labute approximate surface area is 98.4 Å². The van der Waals surface area contributed by atoms with Crippen LogP contribution in [0.25, 0.3) is 0 Å². The van der Waals surface area contributed by atoms with Crippen molar-refractivity contribution in [2.45, 2.75) is 18.4 Å². The summed E-state index contributed by atoms with van der Waals surface area (Å²) in [6.07, 6.45) is 2.65. The van der Waals surface area contributed by atoms with Gasteiger partial charge >= 0.3 is 5.97 Å². The Morgan fingerprint density at radius 3 is 2.94 bits per heavy atom. The molecule has 0 saturated carbocycles. The van der Waals surface area contributed by atoms with Gasteiger partial charge in [-0.1, -0.05) is 0 Å². The first kappa shape index (κ1) is 12.7. The van der Waals surface area contributed by atoms with Gasteiger partial charge in [0.15, 0.2) is 6.29 Å². The van der Waals surface area contributed by atoms with Gasteiger partial charge in [-0.05, 0) is 18.6 Å². The number of carbonyl (C=O) groups is 2. The van der Waals surface area contributed by atoms with Gasteiger partial charge in [0.25, 0.3) is 0 Å². The molecule has 0 fully saturated rings. The van der Waals surface area contributed by atoms with Gasteiger partial charge in [0, 0.05) is 17.5 Å². The lowest BCUT2D eigenvalue weighted by Crippen LogP contribution is -2.01. The van der Waals surface area contributed by atoms with Crippen molar-refractivity contribution < 1.29 is 14.3 Å². The van der Waals surface area contributed by atoms with E-state index in [1.165, 1.54) is 25.1 Å². The van der Waals surface area contributed by atoms with E-state index in [2.05, 4.69) is 9.72 Å². The maximum atomic E-state index is 10.9. The number of esters is 1. The number of thioether (sulfide) groups is 1. The minimum atomic E-state index is -0.227. The number of aldehydes is 1. The summed E-state index contributed by atoms with van der Waals surface area (Å²) in [5, 5.41) is 0.842. The van der Waals surface area contributed by atoms with Crippen LogP contribution in [0.15, 0.2) is 17.3 Å². The fourth-order valence-corrected chi connectivity index (χ4v) is 2.01. The molecule has 16 heavy (non-hydrogen) atoms. The van der Waals surface area contributed by atoms with Crippen molar-refractivity contribution in [2.24, 2.45) is 0 Å². The summed E-state index contributed by atoms with van der Waals surface area (Å²) in [6, 6.07) is 1.78. The molecule has 0 saturated heterocycles. The monoisotopic (exact) mass is 239 g/mol. The van der Waals surface area contributed by atoms with E-state index < -0.39 is 0 Å². The average molecular weight is 239 g/mol. The van der Waals surface area contributed by atoms with Crippen molar-refractivity contribution in [1.29, 1.82) is 0 Å². The summed E-state index contributed by atoms with van der Waals surface area (Å²) in [5.74, 6) is 0.399. The third-order valence-corrected chi connectivity index (χ3v) is 3.07. The molecule has 0 aliphatic heterocycles. The number of carbonyl (C=O) groups excluding carboxylic acids is 2. The third-order valence-electron chi connectivity index (χ3n) is 1.96. The van der Waals surface area contributed by atoms with E-state index in [1.54, 1.807) is 6.07 Å². The lowest BCUT2D eigenvalue weighted by Gasteiger charge is -2.04. The molecule has 0 aliphatic rings. The number of aryl methyl sites for hydroxylation is 1. The van der Waals surface area contributed by atoms with Gasteiger partial charge in [0.2, 0.25) is 0 Å². The topological polar surface area (TPSA) is 56.3 Å². The summed E-state index contributed by atoms with van der Waals surface area (Å²) in [7, 11) is 1.37. The van der Waals surface area contributed by atoms with Gasteiger partial charge in [0.05, 0.1) is 18.6 Å². The Morgan fingerprint density at radius 1 is 1.62 bits per heavy atom. The van der Waals surface area contributed by atoms with E-state index in [0.29, 0.717) is 17.7 Å². The molecule has 0 amide bonds. The lowest BCUT2D eigenvalue weighted by atomic mass is 10.2. The smallest absolute Gasteiger partial charge is 0.306 e. The minimum absolute atomic E-state index is 0.227. The van der Waals surface area contributed by atoms with E-state index in [1.807, 2.05) is 6.92 Å². The van der Waals surface area contributed by atoms with Crippen LogP contribution in [-0.2, 0) is 9.53 Å². The zero-order valence-corrected chi connectivity index (χ0v) is 10.0. The van der Waals surface area contributed by atoms with Crippen LogP contribution in [0.5, 0.6) is 0 Å². The van der Waals surface area contributed by atoms with Crippen molar-refractivity contribution in [2.75, 3.05) is 12.9 Å². The molecule has 1 heterocycles. The Balaban J connectivity index is 2.54. The summed E-state index contributed by atoms with van der Waals surface area (Å²) in [6.45, 7) is 1.89. The molecule has 0 aromatic carbocycles. The zero-order valence-electron chi connectivity index (χ0n) is 9.23. The molecule has 0 N–H and O–H groups in total. The van der Waals surface area contributed by atoms with Crippen LogP contribution < -0.4 is 0 Å². The quantitative estimate of drug-likeness (QED) is 0.446. The van der Waals surface area contributed by atoms with E-state index >= 15 is 0 Å². The Bertz CT molecular complexity index is 393. The maximum Gasteiger partial charge on any atom is 0.306 e. The normalized spacial score (nSPS) is 9.88. The molecule has 0 unspecified atom stereocenters. The molecule has 5 heteroatoms. The number of methoxy groups -OCH3 is 1. The first-order chi connectivity index (χ1) is 7.67. The Kier molecular flexibility index (Phi) is 4.98. The van der Waals surface area contributed by atoms with E-state index in [9.17, 15) is 9.59 Å². The number of hydrogen-bond acceptors (Lipinski definition) is 5. The highest BCUT2D eigenvalue weighted by atomic mass is 32.2. The highest BCUT2D eigenvalue weighted by Gasteiger charge is 2.05. The summed E-state index contributed by atoms with van der Waals surface area (Å²) < 4.78 is 4.54. The summed E-state index contributed by atoms with van der Waals surface area (Å²) in [5.41, 5.74) is 1.51. The van der Waals surface area contributed by atoms with Gasteiger partial charge in [0.1, 0.15) is 0 Å². The second-order valence-corrected chi connectivity index (χ2v) is 4.27. The SMILES string of the molecule is COC(=O)CCSc1ncc(C=O)cc1C. The molecule has 1 aromatic heterocycles. The van der Waals surface area contributed by atoms with Crippen molar-refractivity contribution in [1.82, 2.24) is 4.98 Å². The fraction of sp³-hybridized carbons (Fsp3) is 0.364. The number of rotatable bonds is 5. The van der Waals surface area contributed by atoms with Gasteiger partial charge in [-0.3, -0.25) is 9.59 Å². The molecule has 1 aromatic rings. The molecule has 0 radical (unpaired) electrons. The predicted octanol–water partition coefficient (Wildman–Crippen LogP) is 1.86. The zero-order chi connectivity index (χ0) is 12.0. The first-order valence-electron chi connectivity index (χ1n) is 4.79. The molecule has 0 bridgehead atoms. The Hall–Kier alpha value is -1.36. The van der Waals surface area contributed by atoms with Crippen molar-refractivity contribution in [3.8, 4) is 0 Å². The largest absolute Gasteiger partial charge is 0.469 e. The van der Waals surface area contributed by atoms with E-state index in [4.69, 9.17) is 0 Å².